The molecule has 2 N–H and O–H groups in total. The number of aromatic nitrogens is 1. The molecular weight excluding hydrogens is 413 g/mol. The lowest BCUT2D eigenvalue weighted by Crippen LogP contribution is -2.39. The van der Waals surface area contributed by atoms with Crippen LogP contribution in [0, 0.1) is 12.3 Å². The summed E-state index contributed by atoms with van der Waals surface area (Å²) in [5.41, 5.74) is 8.01. The Hall–Kier alpha value is -0.880. The van der Waals surface area contributed by atoms with Gasteiger partial charge in [-0.15, -0.1) is 24.8 Å². The summed E-state index contributed by atoms with van der Waals surface area (Å²) in [6.45, 7) is 7.17. The first-order valence-electron chi connectivity index (χ1n) is 7.26. The monoisotopic (exact) mass is 435 g/mol. The maximum atomic E-state index is 12.8. The van der Waals surface area contributed by atoms with Crippen molar-refractivity contribution >= 4 is 57.6 Å². The zero-order valence-corrected chi connectivity index (χ0v) is 17.5. The van der Waals surface area contributed by atoms with Gasteiger partial charge in [0.1, 0.15) is 0 Å². The molecule has 24 heavy (non-hydrogen) atoms. The number of pyridine rings is 1. The Morgan fingerprint density at radius 1 is 1.29 bits per heavy atom. The second-order valence-corrected chi connectivity index (χ2v) is 7.42. The zero-order valence-electron chi connectivity index (χ0n) is 14.3. The fraction of sp³-hybridized carbons (Fsp3) is 0.412. The summed E-state index contributed by atoms with van der Waals surface area (Å²) in [7, 11) is 1.82. The highest BCUT2D eigenvalue weighted by Gasteiger charge is 2.23. The van der Waals surface area contributed by atoms with Crippen molar-refractivity contribution in [2.75, 3.05) is 20.1 Å². The molecule has 0 atom stereocenters. The van der Waals surface area contributed by atoms with E-state index in [1.54, 1.807) is 4.90 Å². The van der Waals surface area contributed by atoms with Crippen LogP contribution in [0.5, 0.6) is 0 Å². The number of halogens is 3. The highest BCUT2D eigenvalue weighted by atomic mass is 79.9. The van der Waals surface area contributed by atoms with Gasteiger partial charge in [-0.1, -0.05) is 35.8 Å². The molecule has 1 amide bonds. The van der Waals surface area contributed by atoms with Crippen LogP contribution in [-0.4, -0.2) is 35.9 Å². The van der Waals surface area contributed by atoms with Crippen molar-refractivity contribution < 1.29 is 4.79 Å². The Balaban J connectivity index is 0.00000264. The number of hydrogen-bond donors (Lipinski definition) is 1. The minimum absolute atomic E-state index is 0. The predicted octanol–water partition coefficient (Wildman–Crippen LogP) is 4.21. The second-order valence-electron chi connectivity index (χ2n) is 6.50. The zero-order chi connectivity index (χ0) is 16.5. The Bertz CT molecular complexity index is 717. The van der Waals surface area contributed by atoms with E-state index in [0.29, 0.717) is 18.7 Å². The number of fused-ring (bicyclic) bond motifs is 1. The topological polar surface area (TPSA) is 59.2 Å². The number of aryl methyl sites for hydroxylation is 1. The molecule has 1 heterocycles. The molecule has 0 aliphatic carbocycles. The molecule has 134 valence electrons. The number of nitrogens with zero attached hydrogens (tertiary/aromatic N) is 2. The van der Waals surface area contributed by atoms with E-state index in [4.69, 9.17) is 5.73 Å². The van der Waals surface area contributed by atoms with Gasteiger partial charge in [-0.3, -0.25) is 9.78 Å². The van der Waals surface area contributed by atoms with Crippen molar-refractivity contribution in [3.63, 3.8) is 0 Å². The van der Waals surface area contributed by atoms with Crippen molar-refractivity contribution in [2.24, 2.45) is 11.1 Å². The third-order valence-corrected chi connectivity index (χ3v) is 4.19. The molecule has 4 nitrogen and oxygen atoms in total. The highest BCUT2D eigenvalue weighted by molar-refractivity contribution is 9.10. The van der Waals surface area contributed by atoms with Crippen molar-refractivity contribution in [1.82, 2.24) is 9.88 Å². The summed E-state index contributed by atoms with van der Waals surface area (Å²) < 4.78 is 0.953. The van der Waals surface area contributed by atoms with E-state index in [9.17, 15) is 4.79 Å². The molecule has 0 aliphatic rings. The summed E-state index contributed by atoms with van der Waals surface area (Å²) >= 11 is 3.45. The van der Waals surface area contributed by atoms with Crippen LogP contribution >= 0.6 is 40.7 Å². The van der Waals surface area contributed by atoms with Gasteiger partial charge in [-0.25, -0.2) is 0 Å². The lowest BCUT2D eigenvalue weighted by molar-refractivity contribution is 0.0742. The maximum Gasteiger partial charge on any atom is 0.254 e. The molecule has 0 fully saturated rings. The van der Waals surface area contributed by atoms with Crippen LogP contribution in [0.4, 0.5) is 0 Å². The van der Waals surface area contributed by atoms with Crippen molar-refractivity contribution in [3.8, 4) is 0 Å². The molecule has 0 saturated carbocycles. The molecule has 7 heteroatoms. The fourth-order valence-electron chi connectivity index (χ4n) is 2.49. The molecule has 2 rings (SSSR count). The molecule has 1 aromatic heterocycles. The van der Waals surface area contributed by atoms with E-state index in [2.05, 4.69) is 34.8 Å². The smallest absolute Gasteiger partial charge is 0.254 e. The SMILES string of the molecule is Cc1cc(C(=O)N(C)CC(C)(C)CN)c2ccc(Br)cc2n1.Cl.Cl. The van der Waals surface area contributed by atoms with E-state index in [-0.39, 0.29) is 36.1 Å². The molecule has 0 bridgehead atoms. The highest BCUT2D eigenvalue weighted by Crippen LogP contribution is 2.24. The van der Waals surface area contributed by atoms with Gasteiger partial charge in [0.2, 0.25) is 0 Å². The summed E-state index contributed by atoms with van der Waals surface area (Å²) in [6, 6.07) is 7.65. The minimum Gasteiger partial charge on any atom is -0.341 e. The predicted molar refractivity (Wildman–Crippen MR) is 108 cm³/mol. The van der Waals surface area contributed by atoms with Crippen molar-refractivity contribution in [1.29, 1.82) is 0 Å². The van der Waals surface area contributed by atoms with E-state index in [1.165, 1.54) is 0 Å². The van der Waals surface area contributed by atoms with E-state index < -0.39 is 0 Å². The van der Waals surface area contributed by atoms with Crippen LogP contribution < -0.4 is 5.73 Å². The molecule has 2 aromatic rings. The standard InChI is InChI=1S/C17H22BrN3O.2ClH/c1-11-7-14(13-6-5-12(18)8-15(13)20-11)16(22)21(4)10-17(2,3)9-19;;/h5-8H,9-10,19H2,1-4H3;2*1H. The third-order valence-electron chi connectivity index (χ3n) is 3.69. The van der Waals surface area contributed by atoms with E-state index in [0.717, 1.165) is 21.1 Å². The number of nitrogens with two attached hydrogens (primary N) is 1. The van der Waals surface area contributed by atoms with Crippen molar-refractivity contribution in [2.45, 2.75) is 20.8 Å². The molecule has 0 saturated heterocycles. The van der Waals surface area contributed by atoms with Gasteiger partial charge in [0.05, 0.1) is 11.1 Å². The van der Waals surface area contributed by atoms with Gasteiger partial charge >= 0.3 is 0 Å². The number of rotatable bonds is 4. The van der Waals surface area contributed by atoms with Crippen LogP contribution in [0.25, 0.3) is 10.9 Å². The molecule has 1 aromatic carbocycles. The summed E-state index contributed by atoms with van der Waals surface area (Å²) in [5, 5.41) is 0.871. The average Bonchev–Trinajstić information content (AvgIpc) is 2.44. The van der Waals surface area contributed by atoms with Crippen LogP contribution in [0.15, 0.2) is 28.7 Å². The van der Waals surface area contributed by atoms with Crippen LogP contribution in [0.1, 0.15) is 29.9 Å². The molecular formula is C17H24BrCl2N3O. The largest absolute Gasteiger partial charge is 0.341 e. The van der Waals surface area contributed by atoms with Gasteiger partial charge in [0, 0.05) is 29.1 Å². The van der Waals surface area contributed by atoms with Gasteiger partial charge in [-0.2, -0.15) is 0 Å². The summed E-state index contributed by atoms with van der Waals surface area (Å²) in [4.78, 5) is 19.1. The van der Waals surface area contributed by atoms with Gasteiger partial charge in [-0.05, 0) is 37.1 Å². The first kappa shape index (κ1) is 23.1. The Morgan fingerprint density at radius 2 is 1.92 bits per heavy atom. The van der Waals surface area contributed by atoms with Gasteiger partial charge in [0.25, 0.3) is 5.91 Å². The Morgan fingerprint density at radius 3 is 2.50 bits per heavy atom. The van der Waals surface area contributed by atoms with Crippen LogP contribution in [0.3, 0.4) is 0 Å². The van der Waals surface area contributed by atoms with E-state index >= 15 is 0 Å². The number of benzene rings is 1. The van der Waals surface area contributed by atoms with Crippen molar-refractivity contribution in [3.05, 3.63) is 40.0 Å². The van der Waals surface area contributed by atoms with Gasteiger partial charge in [0.15, 0.2) is 0 Å². The van der Waals surface area contributed by atoms with E-state index in [1.807, 2.05) is 38.2 Å². The molecule has 0 spiro atoms. The van der Waals surface area contributed by atoms with Gasteiger partial charge < -0.3 is 10.6 Å². The Kier molecular flexibility index (Phi) is 8.67. The maximum absolute atomic E-state index is 12.8. The number of carbonyl (C=O) groups excluding carboxylic acids is 1. The number of hydrogen-bond acceptors (Lipinski definition) is 3. The number of amides is 1. The van der Waals surface area contributed by atoms with Crippen LogP contribution in [-0.2, 0) is 0 Å². The second kappa shape index (κ2) is 8.99. The fourth-order valence-corrected chi connectivity index (χ4v) is 2.84. The molecule has 0 radical (unpaired) electrons. The normalized spacial score (nSPS) is 10.8. The lowest BCUT2D eigenvalue weighted by atomic mass is 9.93. The average molecular weight is 437 g/mol. The molecule has 0 unspecified atom stereocenters. The Labute approximate surface area is 164 Å². The number of carbonyl (C=O) groups is 1. The first-order valence-corrected chi connectivity index (χ1v) is 8.05. The summed E-state index contributed by atoms with van der Waals surface area (Å²) in [6.07, 6.45) is 0. The third kappa shape index (κ3) is 5.31. The lowest BCUT2D eigenvalue weighted by Gasteiger charge is -2.29. The first-order chi connectivity index (χ1) is 10.2. The summed E-state index contributed by atoms with van der Waals surface area (Å²) in [5.74, 6) is -0.000604. The minimum atomic E-state index is -0.106. The molecule has 0 aliphatic heterocycles. The quantitative estimate of drug-likeness (QED) is 0.780. The van der Waals surface area contributed by atoms with Crippen LogP contribution in [0.2, 0.25) is 0 Å².